The van der Waals surface area contributed by atoms with E-state index in [4.69, 9.17) is 10.1 Å². The Morgan fingerprint density at radius 1 is 1.17 bits per heavy atom. The van der Waals surface area contributed by atoms with Crippen molar-refractivity contribution in [3.05, 3.63) is 76.6 Å². The van der Waals surface area contributed by atoms with Gasteiger partial charge in [0, 0.05) is 31.3 Å². The van der Waals surface area contributed by atoms with Gasteiger partial charge in [-0.05, 0) is 49.9 Å². The first-order chi connectivity index (χ1) is 14.2. The monoisotopic (exact) mass is 386 g/mol. The SMILES string of the molecule is Cc1cnccc1-n1nc(C2CC2)nc1CCCn1cnc2ccccc2c1=O. The van der Waals surface area contributed by atoms with Crippen molar-refractivity contribution in [3.63, 3.8) is 0 Å². The molecule has 1 aliphatic carbocycles. The second-order valence-corrected chi connectivity index (χ2v) is 7.60. The summed E-state index contributed by atoms with van der Waals surface area (Å²) in [6.07, 6.45) is 9.11. The lowest BCUT2D eigenvalue weighted by atomic mass is 10.2. The van der Waals surface area contributed by atoms with Crippen LogP contribution in [0.2, 0.25) is 0 Å². The van der Waals surface area contributed by atoms with Gasteiger partial charge >= 0.3 is 0 Å². The molecule has 0 atom stereocenters. The molecule has 0 N–H and O–H groups in total. The van der Waals surface area contributed by atoms with Crippen molar-refractivity contribution in [1.29, 1.82) is 0 Å². The fourth-order valence-electron chi connectivity index (χ4n) is 3.61. The molecule has 0 radical (unpaired) electrons. The van der Waals surface area contributed by atoms with Crippen molar-refractivity contribution in [2.24, 2.45) is 0 Å². The highest BCUT2D eigenvalue weighted by molar-refractivity contribution is 5.76. The topological polar surface area (TPSA) is 78.5 Å². The lowest BCUT2D eigenvalue weighted by molar-refractivity contribution is 0.599. The first kappa shape index (κ1) is 17.7. The average molecular weight is 386 g/mol. The number of para-hydroxylation sites is 1. The van der Waals surface area contributed by atoms with Crippen LogP contribution in [0.4, 0.5) is 0 Å². The Bertz CT molecular complexity index is 1240. The summed E-state index contributed by atoms with van der Waals surface area (Å²) in [5.41, 5.74) is 2.81. The zero-order valence-corrected chi connectivity index (χ0v) is 16.3. The molecule has 1 aliphatic rings. The zero-order chi connectivity index (χ0) is 19.8. The third kappa shape index (κ3) is 3.44. The van der Waals surface area contributed by atoms with Gasteiger partial charge < -0.3 is 0 Å². The molecule has 1 fully saturated rings. The van der Waals surface area contributed by atoms with Crippen molar-refractivity contribution in [1.82, 2.24) is 29.3 Å². The Kier molecular flexibility index (Phi) is 4.42. The van der Waals surface area contributed by atoms with Crippen LogP contribution in [0.5, 0.6) is 0 Å². The van der Waals surface area contributed by atoms with E-state index in [-0.39, 0.29) is 5.56 Å². The molecule has 4 aromatic rings. The van der Waals surface area contributed by atoms with E-state index in [0.29, 0.717) is 17.8 Å². The normalized spacial score (nSPS) is 13.8. The summed E-state index contributed by atoms with van der Waals surface area (Å²) in [5, 5.41) is 5.44. The smallest absolute Gasteiger partial charge is 0.261 e. The van der Waals surface area contributed by atoms with Gasteiger partial charge in [0.2, 0.25) is 0 Å². The molecule has 0 unspecified atom stereocenters. The van der Waals surface area contributed by atoms with Gasteiger partial charge in [-0.3, -0.25) is 14.3 Å². The van der Waals surface area contributed by atoms with Crippen molar-refractivity contribution >= 4 is 10.9 Å². The molecule has 1 aromatic carbocycles. The number of pyridine rings is 1. The van der Waals surface area contributed by atoms with E-state index in [2.05, 4.69) is 9.97 Å². The molecule has 3 aromatic heterocycles. The van der Waals surface area contributed by atoms with Crippen LogP contribution in [0.1, 0.15) is 42.4 Å². The minimum Gasteiger partial charge on any atom is -0.299 e. The first-order valence-electron chi connectivity index (χ1n) is 10.0. The number of hydrogen-bond acceptors (Lipinski definition) is 5. The number of fused-ring (bicyclic) bond motifs is 1. The maximum atomic E-state index is 12.7. The summed E-state index contributed by atoms with van der Waals surface area (Å²) in [4.78, 5) is 26.1. The summed E-state index contributed by atoms with van der Waals surface area (Å²) in [5.74, 6) is 2.35. The van der Waals surface area contributed by atoms with Crippen molar-refractivity contribution in [3.8, 4) is 5.69 Å². The highest BCUT2D eigenvalue weighted by Gasteiger charge is 2.29. The second kappa shape index (κ2) is 7.24. The van der Waals surface area contributed by atoms with Gasteiger partial charge in [0.1, 0.15) is 5.82 Å². The number of aromatic nitrogens is 6. The molecule has 0 saturated heterocycles. The predicted molar refractivity (Wildman–Crippen MR) is 110 cm³/mol. The molecule has 1 saturated carbocycles. The van der Waals surface area contributed by atoms with Crippen LogP contribution in [0, 0.1) is 6.92 Å². The third-order valence-electron chi connectivity index (χ3n) is 5.38. The summed E-state index contributed by atoms with van der Waals surface area (Å²) in [7, 11) is 0. The fourth-order valence-corrected chi connectivity index (χ4v) is 3.61. The Morgan fingerprint density at radius 3 is 2.86 bits per heavy atom. The molecule has 7 heteroatoms. The third-order valence-corrected chi connectivity index (χ3v) is 5.38. The van der Waals surface area contributed by atoms with E-state index < -0.39 is 0 Å². The Balaban J connectivity index is 1.39. The molecule has 7 nitrogen and oxygen atoms in total. The van der Waals surface area contributed by atoms with Gasteiger partial charge in [-0.1, -0.05) is 12.1 Å². The highest BCUT2D eigenvalue weighted by atomic mass is 16.1. The van der Waals surface area contributed by atoms with Crippen LogP contribution in [0.25, 0.3) is 16.6 Å². The summed E-state index contributed by atoms with van der Waals surface area (Å²) >= 11 is 0. The molecule has 0 amide bonds. The Labute approximate surface area is 168 Å². The predicted octanol–water partition coefficient (Wildman–Crippen LogP) is 3.19. The molecule has 29 heavy (non-hydrogen) atoms. The van der Waals surface area contributed by atoms with E-state index in [1.54, 1.807) is 17.1 Å². The van der Waals surface area contributed by atoms with Crippen LogP contribution < -0.4 is 5.56 Å². The maximum absolute atomic E-state index is 12.7. The van der Waals surface area contributed by atoms with Gasteiger partial charge in [0.05, 0.1) is 22.9 Å². The summed E-state index contributed by atoms with van der Waals surface area (Å²) in [6.45, 7) is 2.63. The second-order valence-electron chi connectivity index (χ2n) is 7.60. The lowest BCUT2D eigenvalue weighted by Gasteiger charge is -2.09. The number of rotatable bonds is 6. The van der Waals surface area contributed by atoms with E-state index in [1.165, 1.54) is 0 Å². The Hall–Kier alpha value is -3.35. The van der Waals surface area contributed by atoms with Gasteiger partial charge in [-0.25, -0.2) is 14.6 Å². The molecule has 0 aliphatic heterocycles. The largest absolute Gasteiger partial charge is 0.299 e. The number of benzene rings is 1. The molecule has 5 rings (SSSR count). The van der Waals surface area contributed by atoms with Gasteiger partial charge in [0.15, 0.2) is 5.82 Å². The Morgan fingerprint density at radius 2 is 2.03 bits per heavy atom. The molecular weight excluding hydrogens is 364 g/mol. The molecule has 0 bridgehead atoms. The minimum absolute atomic E-state index is 0.000662. The zero-order valence-electron chi connectivity index (χ0n) is 16.3. The van der Waals surface area contributed by atoms with Crippen LogP contribution >= 0.6 is 0 Å². The maximum Gasteiger partial charge on any atom is 0.261 e. The summed E-state index contributed by atoms with van der Waals surface area (Å²) in [6, 6.07) is 9.42. The number of nitrogens with zero attached hydrogens (tertiary/aromatic N) is 6. The van der Waals surface area contributed by atoms with Gasteiger partial charge in [-0.2, -0.15) is 5.10 Å². The van der Waals surface area contributed by atoms with E-state index >= 15 is 0 Å². The van der Waals surface area contributed by atoms with Crippen molar-refractivity contribution < 1.29 is 0 Å². The highest BCUT2D eigenvalue weighted by Crippen LogP contribution is 2.38. The van der Waals surface area contributed by atoms with Gasteiger partial charge in [-0.15, -0.1) is 0 Å². The minimum atomic E-state index is 0.000662. The lowest BCUT2D eigenvalue weighted by Crippen LogP contribution is -2.21. The number of hydrogen-bond donors (Lipinski definition) is 0. The molecule has 3 heterocycles. The number of aryl methyl sites for hydroxylation is 3. The molecular formula is C22H22N6O. The van der Waals surface area contributed by atoms with Crippen LogP contribution in [-0.2, 0) is 13.0 Å². The molecule has 0 spiro atoms. The van der Waals surface area contributed by atoms with Crippen molar-refractivity contribution in [2.45, 2.75) is 45.1 Å². The standard InChI is InChI=1S/C22H22N6O/c1-15-13-23-11-10-19(15)28-20(25-21(26-28)16-8-9-16)7-4-12-27-14-24-18-6-3-2-5-17(18)22(27)29/h2-3,5-6,10-11,13-14,16H,4,7-9,12H2,1H3. The van der Waals surface area contributed by atoms with Gasteiger partial charge in [0.25, 0.3) is 5.56 Å². The average Bonchev–Trinajstić information content (AvgIpc) is 3.51. The van der Waals surface area contributed by atoms with E-state index in [9.17, 15) is 4.79 Å². The van der Waals surface area contributed by atoms with Crippen LogP contribution in [-0.4, -0.2) is 29.3 Å². The van der Waals surface area contributed by atoms with Crippen molar-refractivity contribution in [2.75, 3.05) is 0 Å². The molecule has 146 valence electrons. The van der Waals surface area contributed by atoms with Crippen LogP contribution in [0.15, 0.2) is 53.8 Å². The quantitative estimate of drug-likeness (QED) is 0.508. The van der Waals surface area contributed by atoms with E-state index in [0.717, 1.165) is 54.1 Å². The summed E-state index contributed by atoms with van der Waals surface area (Å²) < 4.78 is 3.63. The van der Waals surface area contributed by atoms with E-state index in [1.807, 2.05) is 48.1 Å². The first-order valence-corrected chi connectivity index (χ1v) is 10.0. The van der Waals surface area contributed by atoms with Crippen LogP contribution in [0.3, 0.4) is 0 Å². The fraction of sp³-hybridized carbons (Fsp3) is 0.318.